The molecule has 0 heterocycles. The monoisotopic (exact) mass is 139 g/mol. The number of carboxylic acids is 1. The van der Waals surface area contributed by atoms with E-state index in [-0.39, 0.29) is 6.54 Å². The fraction of sp³-hybridized carbons (Fsp3) is 0.400. The summed E-state index contributed by atoms with van der Waals surface area (Å²) in [6.45, 7) is -0.369. The van der Waals surface area contributed by atoms with Crippen molar-refractivity contribution in [2.75, 3.05) is 6.54 Å². The molecular weight excluding hydrogens is 134 g/mol. The van der Waals surface area contributed by atoms with Crippen molar-refractivity contribution in [3.63, 3.8) is 0 Å². The molecule has 0 saturated heterocycles. The maximum atomic E-state index is 9.85. The summed E-state index contributed by atoms with van der Waals surface area (Å²) >= 11 is 0. The van der Waals surface area contributed by atoms with Crippen LogP contribution in [0.3, 0.4) is 0 Å². The third-order valence-corrected chi connectivity index (χ3v) is 0.716. The summed E-state index contributed by atoms with van der Waals surface area (Å²) in [4.78, 5) is 9.85. The highest BCUT2D eigenvalue weighted by Gasteiger charge is 2.04. The van der Waals surface area contributed by atoms with Crippen LogP contribution in [0.15, 0.2) is 0 Å². The molecule has 0 amide bonds. The highest BCUT2D eigenvalue weighted by Crippen LogP contribution is 1.74. The topological polar surface area (TPSA) is 96.9 Å². The first-order chi connectivity index (χ1) is 4.70. The van der Waals surface area contributed by atoms with Crippen molar-refractivity contribution in [3.8, 4) is 12.1 Å². The Labute approximate surface area is 57.5 Å². The van der Waals surface area contributed by atoms with Crippen LogP contribution in [-0.2, 0) is 4.79 Å². The lowest BCUT2D eigenvalue weighted by atomic mass is 10.4. The van der Waals surface area contributed by atoms with Gasteiger partial charge in [-0.15, -0.1) is 0 Å². The van der Waals surface area contributed by atoms with Gasteiger partial charge in [-0.1, -0.05) is 0 Å². The van der Waals surface area contributed by atoms with E-state index >= 15 is 0 Å². The van der Waals surface area contributed by atoms with E-state index in [4.69, 9.17) is 15.6 Å². The average Bonchev–Trinajstić information content (AvgIpc) is 1.90. The summed E-state index contributed by atoms with van der Waals surface area (Å²) in [7, 11) is 0. The van der Waals surface area contributed by atoms with Gasteiger partial charge in [0.1, 0.15) is 0 Å². The molecule has 0 aromatic carbocycles. The first-order valence-corrected chi connectivity index (χ1v) is 2.45. The first-order valence-electron chi connectivity index (χ1n) is 2.45. The molecule has 0 aromatic rings. The lowest BCUT2D eigenvalue weighted by Crippen LogP contribution is -2.31. The van der Waals surface area contributed by atoms with Gasteiger partial charge in [-0.2, -0.15) is 10.5 Å². The highest BCUT2D eigenvalue weighted by molar-refractivity contribution is 5.69. The Balaban J connectivity index is 3.61. The smallest absolute Gasteiger partial charge is 0.317 e. The number of hydrogen-bond acceptors (Lipinski definition) is 4. The third kappa shape index (κ3) is 3.42. The van der Waals surface area contributed by atoms with Crippen molar-refractivity contribution in [1.29, 1.82) is 10.5 Å². The maximum absolute atomic E-state index is 9.85. The molecule has 0 rings (SSSR count). The number of carboxylic acid groups (broad SMARTS) is 1. The van der Waals surface area contributed by atoms with Gasteiger partial charge in [0.2, 0.25) is 0 Å². The van der Waals surface area contributed by atoms with Crippen molar-refractivity contribution in [1.82, 2.24) is 5.32 Å². The summed E-state index contributed by atoms with van der Waals surface area (Å²) < 4.78 is 0. The Kier molecular flexibility index (Phi) is 3.62. The minimum absolute atomic E-state index is 0.369. The van der Waals surface area contributed by atoms with Crippen molar-refractivity contribution in [3.05, 3.63) is 0 Å². The van der Waals surface area contributed by atoms with E-state index < -0.39 is 12.0 Å². The third-order valence-electron chi connectivity index (χ3n) is 0.716. The fourth-order valence-corrected chi connectivity index (χ4v) is 0.310. The minimum Gasteiger partial charge on any atom is -0.480 e. The number of nitriles is 2. The van der Waals surface area contributed by atoms with Crippen molar-refractivity contribution in [2.24, 2.45) is 0 Å². The van der Waals surface area contributed by atoms with Gasteiger partial charge in [0.15, 0.2) is 6.04 Å². The van der Waals surface area contributed by atoms with Gasteiger partial charge in [-0.3, -0.25) is 10.1 Å². The van der Waals surface area contributed by atoms with Gasteiger partial charge in [0, 0.05) is 0 Å². The van der Waals surface area contributed by atoms with E-state index in [1.54, 1.807) is 12.1 Å². The molecule has 10 heavy (non-hydrogen) atoms. The molecule has 0 aliphatic heterocycles. The molecule has 0 radical (unpaired) electrons. The quantitative estimate of drug-likeness (QED) is 0.526. The normalized spacial score (nSPS) is 8.30. The Bertz CT molecular complexity index is 186. The molecule has 0 unspecified atom stereocenters. The molecule has 0 atom stereocenters. The summed E-state index contributed by atoms with van der Waals surface area (Å²) in [5.74, 6) is -1.09. The van der Waals surface area contributed by atoms with Crippen LogP contribution in [0.5, 0.6) is 0 Å². The van der Waals surface area contributed by atoms with E-state index in [1.807, 2.05) is 0 Å². The average molecular weight is 139 g/mol. The Hall–Kier alpha value is -1.59. The van der Waals surface area contributed by atoms with Gasteiger partial charge < -0.3 is 5.11 Å². The Morgan fingerprint density at radius 3 is 2.40 bits per heavy atom. The second-order valence-corrected chi connectivity index (χ2v) is 1.47. The van der Waals surface area contributed by atoms with E-state index in [0.29, 0.717) is 0 Å². The summed E-state index contributed by atoms with van der Waals surface area (Å²) in [5.41, 5.74) is 0. The molecule has 0 aliphatic carbocycles. The fourth-order valence-electron chi connectivity index (χ4n) is 0.310. The molecule has 0 spiro atoms. The van der Waals surface area contributed by atoms with Gasteiger partial charge in [-0.05, 0) is 0 Å². The van der Waals surface area contributed by atoms with Crippen LogP contribution in [0.4, 0.5) is 0 Å². The zero-order valence-electron chi connectivity index (χ0n) is 5.03. The molecule has 2 N–H and O–H groups in total. The highest BCUT2D eigenvalue weighted by atomic mass is 16.4. The molecule has 5 nitrogen and oxygen atoms in total. The van der Waals surface area contributed by atoms with Crippen molar-refractivity contribution < 1.29 is 9.90 Å². The van der Waals surface area contributed by atoms with Crippen LogP contribution < -0.4 is 5.32 Å². The van der Waals surface area contributed by atoms with Crippen LogP contribution in [0.25, 0.3) is 0 Å². The van der Waals surface area contributed by atoms with Crippen molar-refractivity contribution in [2.45, 2.75) is 6.04 Å². The Morgan fingerprint density at radius 1 is 1.60 bits per heavy atom. The van der Waals surface area contributed by atoms with Gasteiger partial charge in [-0.25, -0.2) is 0 Å². The minimum atomic E-state index is -1.09. The lowest BCUT2D eigenvalue weighted by molar-refractivity contribution is -0.135. The number of nitrogens with zero attached hydrogens (tertiary/aromatic N) is 2. The first kappa shape index (κ1) is 8.41. The molecule has 0 saturated carbocycles. The molecule has 5 heteroatoms. The van der Waals surface area contributed by atoms with Gasteiger partial charge in [0.05, 0.1) is 18.7 Å². The molecule has 0 aromatic heterocycles. The number of rotatable bonds is 3. The number of carbonyl (C=O) groups is 1. The van der Waals surface area contributed by atoms with Crippen LogP contribution >= 0.6 is 0 Å². The summed E-state index contributed by atoms with van der Waals surface area (Å²) in [5, 5.41) is 26.5. The molecular formula is C5H5N3O2. The van der Waals surface area contributed by atoms with Crippen LogP contribution in [0, 0.1) is 22.7 Å². The van der Waals surface area contributed by atoms with E-state index in [9.17, 15) is 4.79 Å². The number of aliphatic carboxylic acids is 1. The van der Waals surface area contributed by atoms with Crippen LogP contribution in [0.1, 0.15) is 0 Å². The number of nitrogens with one attached hydrogen (secondary N) is 1. The molecule has 0 bridgehead atoms. The zero-order valence-corrected chi connectivity index (χ0v) is 5.03. The van der Waals surface area contributed by atoms with E-state index in [0.717, 1.165) is 0 Å². The standard InChI is InChI=1S/C5H5N3O2/c6-1-4(2-7)8-3-5(9)10/h4,8H,3H2,(H,9,10). The van der Waals surface area contributed by atoms with E-state index in [1.165, 1.54) is 0 Å². The zero-order chi connectivity index (χ0) is 7.98. The summed E-state index contributed by atoms with van der Waals surface area (Å²) in [6.07, 6.45) is 0. The second kappa shape index (κ2) is 4.30. The predicted molar refractivity (Wildman–Crippen MR) is 30.7 cm³/mol. The second-order valence-electron chi connectivity index (χ2n) is 1.47. The molecule has 0 fully saturated rings. The largest absolute Gasteiger partial charge is 0.480 e. The molecule has 0 aliphatic rings. The van der Waals surface area contributed by atoms with Gasteiger partial charge in [0.25, 0.3) is 0 Å². The van der Waals surface area contributed by atoms with Crippen LogP contribution in [-0.4, -0.2) is 23.7 Å². The SMILES string of the molecule is N#CC(C#N)NCC(=O)O. The van der Waals surface area contributed by atoms with Gasteiger partial charge >= 0.3 is 5.97 Å². The Morgan fingerprint density at radius 2 is 2.10 bits per heavy atom. The number of hydrogen-bond donors (Lipinski definition) is 2. The molecule has 52 valence electrons. The lowest BCUT2D eigenvalue weighted by Gasteiger charge is -1.97. The van der Waals surface area contributed by atoms with E-state index in [2.05, 4.69) is 5.32 Å². The summed E-state index contributed by atoms with van der Waals surface area (Å²) in [6, 6.07) is 2.11. The predicted octanol–water partition coefficient (Wildman–Crippen LogP) is -0.924. The van der Waals surface area contributed by atoms with Crippen LogP contribution in [0.2, 0.25) is 0 Å². The van der Waals surface area contributed by atoms with Crippen molar-refractivity contribution >= 4 is 5.97 Å². The maximum Gasteiger partial charge on any atom is 0.317 e.